The van der Waals surface area contributed by atoms with Crippen LogP contribution in [-0.4, -0.2) is 16.0 Å². The molecule has 2 aromatic heterocycles. The second-order valence-corrected chi connectivity index (χ2v) is 6.53. The lowest BCUT2D eigenvalue weighted by Crippen LogP contribution is -2.25. The summed E-state index contributed by atoms with van der Waals surface area (Å²) in [6.45, 7) is 6.37. The minimum absolute atomic E-state index is 0.193. The highest BCUT2D eigenvalue weighted by molar-refractivity contribution is 7.11. The molecule has 3 rings (SSSR count). The van der Waals surface area contributed by atoms with Crippen LogP contribution >= 0.6 is 11.3 Å². The van der Waals surface area contributed by atoms with Crippen molar-refractivity contribution < 1.29 is 0 Å². The molecular formula is C15H19N3S. The van der Waals surface area contributed by atoms with Crippen LogP contribution in [0.1, 0.15) is 45.6 Å². The van der Waals surface area contributed by atoms with Gasteiger partial charge in [-0.25, -0.2) is 4.98 Å². The van der Waals surface area contributed by atoms with Gasteiger partial charge in [0.05, 0.1) is 11.7 Å². The molecule has 1 saturated carbocycles. The highest BCUT2D eigenvalue weighted by Crippen LogP contribution is 2.32. The normalized spacial score (nSPS) is 16.6. The molecule has 0 aromatic carbocycles. The van der Waals surface area contributed by atoms with Crippen LogP contribution in [0, 0.1) is 20.8 Å². The summed E-state index contributed by atoms with van der Waals surface area (Å²) in [5, 5.41) is 4.88. The van der Waals surface area contributed by atoms with Crippen LogP contribution in [0.15, 0.2) is 18.5 Å². The first-order chi connectivity index (χ1) is 9.15. The van der Waals surface area contributed by atoms with Gasteiger partial charge in [0.1, 0.15) is 5.01 Å². The van der Waals surface area contributed by atoms with Crippen LogP contribution < -0.4 is 5.32 Å². The molecule has 19 heavy (non-hydrogen) atoms. The first-order valence-corrected chi connectivity index (χ1v) is 7.57. The van der Waals surface area contributed by atoms with E-state index in [0.29, 0.717) is 6.04 Å². The van der Waals surface area contributed by atoms with Crippen molar-refractivity contribution in [3.05, 3.63) is 45.2 Å². The molecule has 1 unspecified atom stereocenters. The summed E-state index contributed by atoms with van der Waals surface area (Å²) in [4.78, 5) is 10.3. The molecule has 100 valence electrons. The van der Waals surface area contributed by atoms with E-state index in [-0.39, 0.29) is 6.04 Å². The van der Waals surface area contributed by atoms with E-state index in [1.807, 2.05) is 12.4 Å². The fraction of sp³-hybridized carbons (Fsp3) is 0.467. The third-order valence-corrected chi connectivity index (χ3v) is 4.80. The summed E-state index contributed by atoms with van der Waals surface area (Å²) in [5.74, 6) is 0. The van der Waals surface area contributed by atoms with Gasteiger partial charge in [-0.05, 0) is 50.8 Å². The van der Waals surface area contributed by atoms with E-state index in [0.717, 1.165) is 10.7 Å². The molecule has 1 aliphatic rings. The average molecular weight is 273 g/mol. The smallest absolute Gasteiger partial charge is 0.115 e. The van der Waals surface area contributed by atoms with Crippen LogP contribution in [0.5, 0.6) is 0 Å². The Balaban J connectivity index is 1.99. The van der Waals surface area contributed by atoms with Crippen LogP contribution in [0.4, 0.5) is 0 Å². The van der Waals surface area contributed by atoms with E-state index in [1.165, 1.54) is 28.8 Å². The third kappa shape index (κ3) is 2.69. The van der Waals surface area contributed by atoms with Crippen molar-refractivity contribution in [3.8, 4) is 0 Å². The summed E-state index contributed by atoms with van der Waals surface area (Å²) >= 11 is 1.79. The minimum atomic E-state index is 0.193. The van der Waals surface area contributed by atoms with E-state index < -0.39 is 0 Å². The number of aryl methyl sites for hydroxylation is 3. The van der Waals surface area contributed by atoms with Crippen LogP contribution in [0.3, 0.4) is 0 Å². The standard InChI is InChI=1S/C15H19N3S/c1-9-6-7-16-8-13(9)14(18-12-4-5-12)15-17-10(2)11(3)19-15/h6-8,12,14,18H,4-5H2,1-3H3. The molecule has 2 heterocycles. The minimum Gasteiger partial charge on any atom is -0.301 e. The van der Waals surface area contributed by atoms with Gasteiger partial charge >= 0.3 is 0 Å². The maximum absolute atomic E-state index is 4.74. The molecule has 0 radical (unpaired) electrons. The van der Waals surface area contributed by atoms with Gasteiger partial charge in [-0.15, -0.1) is 11.3 Å². The Bertz CT molecular complexity index is 567. The zero-order chi connectivity index (χ0) is 13.4. The van der Waals surface area contributed by atoms with Crippen molar-refractivity contribution >= 4 is 11.3 Å². The van der Waals surface area contributed by atoms with E-state index in [4.69, 9.17) is 4.98 Å². The number of aromatic nitrogens is 2. The van der Waals surface area contributed by atoms with Crippen molar-refractivity contribution in [2.45, 2.75) is 45.7 Å². The van der Waals surface area contributed by atoms with Crippen molar-refractivity contribution in [2.24, 2.45) is 0 Å². The van der Waals surface area contributed by atoms with Crippen molar-refractivity contribution in [1.29, 1.82) is 0 Å². The number of rotatable bonds is 4. The van der Waals surface area contributed by atoms with Crippen LogP contribution in [0.25, 0.3) is 0 Å². The Hall–Kier alpha value is -1.26. The van der Waals surface area contributed by atoms with E-state index in [1.54, 1.807) is 11.3 Å². The maximum Gasteiger partial charge on any atom is 0.115 e. The molecule has 3 nitrogen and oxygen atoms in total. The first-order valence-electron chi connectivity index (χ1n) is 6.75. The Morgan fingerprint density at radius 2 is 2.11 bits per heavy atom. The second-order valence-electron chi connectivity index (χ2n) is 5.30. The van der Waals surface area contributed by atoms with Gasteiger partial charge in [0.2, 0.25) is 0 Å². The highest BCUT2D eigenvalue weighted by Gasteiger charge is 2.29. The lowest BCUT2D eigenvalue weighted by atomic mass is 10.0. The maximum atomic E-state index is 4.74. The van der Waals surface area contributed by atoms with Crippen molar-refractivity contribution in [2.75, 3.05) is 0 Å². The number of hydrogen-bond donors (Lipinski definition) is 1. The average Bonchev–Trinajstić information content (AvgIpc) is 3.14. The van der Waals surface area contributed by atoms with E-state index >= 15 is 0 Å². The fourth-order valence-electron chi connectivity index (χ4n) is 2.18. The molecule has 1 fully saturated rings. The van der Waals surface area contributed by atoms with Crippen molar-refractivity contribution in [3.63, 3.8) is 0 Å². The molecule has 0 bridgehead atoms. The third-order valence-electron chi connectivity index (χ3n) is 3.66. The molecule has 1 N–H and O–H groups in total. The quantitative estimate of drug-likeness (QED) is 0.928. The molecular weight excluding hydrogens is 254 g/mol. The molecule has 1 aliphatic carbocycles. The summed E-state index contributed by atoms with van der Waals surface area (Å²) in [6.07, 6.45) is 6.38. The SMILES string of the molecule is Cc1ccncc1C(NC1CC1)c1nc(C)c(C)s1. The van der Waals surface area contributed by atoms with Crippen molar-refractivity contribution in [1.82, 2.24) is 15.3 Å². The predicted molar refractivity (Wildman–Crippen MR) is 78.6 cm³/mol. The van der Waals surface area contributed by atoms with Gasteiger partial charge in [0.15, 0.2) is 0 Å². The summed E-state index contributed by atoms with van der Waals surface area (Å²) in [7, 11) is 0. The van der Waals surface area contributed by atoms with Crippen LogP contribution in [-0.2, 0) is 0 Å². The molecule has 2 aromatic rings. The zero-order valence-corrected chi connectivity index (χ0v) is 12.4. The molecule has 0 spiro atoms. The number of pyridine rings is 1. The Morgan fingerprint density at radius 3 is 2.68 bits per heavy atom. The Kier molecular flexibility index (Phi) is 3.37. The lowest BCUT2D eigenvalue weighted by molar-refractivity contribution is 0.593. The zero-order valence-electron chi connectivity index (χ0n) is 11.6. The fourth-order valence-corrected chi connectivity index (χ4v) is 3.18. The van der Waals surface area contributed by atoms with Gasteiger partial charge in [0, 0.05) is 23.3 Å². The number of hydrogen-bond acceptors (Lipinski definition) is 4. The summed E-state index contributed by atoms with van der Waals surface area (Å²) < 4.78 is 0. The van der Waals surface area contributed by atoms with E-state index in [2.05, 4.69) is 37.1 Å². The molecule has 1 atom stereocenters. The predicted octanol–water partition coefficient (Wildman–Crippen LogP) is 3.30. The largest absolute Gasteiger partial charge is 0.301 e. The molecule has 0 aliphatic heterocycles. The lowest BCUT2D eigenvalue weighted by Gasteiger charge is -2.18. The second kappa shape index (κ2) is 5.02. The van der Waals surface area contributed by atoms with E-state index in [9.17, 15) is 0 Å². The monoisotopic (exact) mass is 273 g/mol. The van der Waals surface area contributed by atoms with Gasteiger partial charge < -0.3 is 5.32 Å². The number of nitrogens with zero attached hydrogens (tertiary/aromatic N) is 2. The summed E-state index contributed by atoms with van der Waals surface area (Å²) in [5.41, 5.74) is 3.67. The van der Waals surface area contributed by atoms with Gasteiger partial charge in [-0.1, -0.05) is 0 Å². The number of thiazole rings is 1. The highest BCUT2D eigenvalue weighted by atomic mass is 32.1. The molecule has 0 amide bonds. The molecule has 0 saturated heterocycles. The Labute approximate surface area is 118 Å². The topological polar surface area (TPSA) is 37.8 Å². The first kappa shape index (κ1) is 12.8. The molecule has 4 heteroatoms. The van der Waals surface area contributed by atoms with Crippen LogP contribution in [0.2, 0.25) is 0 Å². The summed E-state index contributed by atoms with van der Waals surface area (Å²) in [6, 6.07) is 2.91. The van der Waals surface area contributed by atoms with Gasteiger partial charge in [-0.3, -0.25) is 4.98 Å². The van der Waals surface area contributed by atoms with Gasteiger partial charge in [0.25, 0.3) is 0 Å². The van der Waals surface area contributed by atoms with Gasteiger partial charge in [-0.2, -0.15) is 0 Å². The number of nitrogens with one attached hydrogen (secondary N) is 1. The Morgan fingerprint density at radius 1 is 1.32 bits per heavy atom.